The minimum atomic E-state index is -0.585. The lowest BCUT2D eigenvalue weighted by Gasteiger charge is -2.41. The largest absolute Gasteiger partial charge is 0.444 e. The van der Waals surface area contributed by atoms with Crippen molar-refractivity contribution in [3.63, 3.8) is 0 Å². The number of carbonyl (C=O) groups excluding carboxylic acids is 1. The van der Waals surface area contributed by atoms with Crippen molar-refractivity contribution in [2.75, 3.05) is 31.6 Å². The quantitative estimate of drug-likeness (QED) is 0.457. The summed E-state index contributed by atoms with van der Waals surface area (Å²) in [6.07, 6.45) is 0.883. The normalized spacial score (nSPS) is 16.6. The fraction of sp³-hybridized carbons (Fsp3) is 0.500. The number of piperazine rings is 1. The lowest BCUT2D eigenvalue weighted by atomic mass is 10.1. The lowest BCUT2D eigenvalue weighted by molar-refractivity contribution is -0.384. The molecule has 1 aromatic carbocycles. The topological polar surface area (TPSA) is 109 Å². The number of fused-ring (bicyclic) bond motifs is 1. The second-order valence-electron chi connectivity index (χ2n) is 8.00. The first-order valence-electron chi connectivity index (χ1n) is 9.59. The van der Waals surface area contributed by atoms with Crippen LogP contribution in [0.3, 0.4) is 0 Å². The molecule has 1 amide bonds. The zero-order chi connectivity index (χ0) is 23.5. The Balaban J connectivity index is 0.00000166. The highest BCUT2D eigenvalue weighted by Crippen LogP contribution is 2.39. The van der Waals surface area contributed by atoms with Gasteiger partial charge in [-0.3, -0.25) is 10.1 Å². The van der Waals surface area contributed by atoms with E-state index in [4.69, 9.17) is 21.4 Å². The Kier molecular flexibility index (Phi) is 8.07. The Morgan fingerprint density at radius 1 is 1.35 bits per heavy atom. The van der Waals surface area contributed by atoms with E-state index in [9.17, 15) is 14.9 Å². The second-order valence-corrected chi connectivity index (χ2v) is 9.26. The number of pyridine rings is 1. The summed E-state index contributed by atoms with van der Waals surface area (Å²) in [5.41, 5.74) is 0.390. The molecule has 170 valence electrons. The summed E-state index contributed by atoms with van der Waals surface area (Å²) in [5.74, 6) is 0. The average molecular weight is 518 g/mol. The summed E-state index contributed by atoms with van der Waals surface area (Å²) in [5, 5.41) is 19.7. The molecule has 0 saturated carbocycles. The predicted molar refractivity (Wildman–Crippen MR) is 124 cm³/mol. The maximum Gasteiger partial charge on any atom is 0.410 e. The first kappa shape index (κ1) is 25.1. The van der Waals surface area contributed by atoms with Gasteiger partial charge in [-0.2, -0.15) is 0 Å². The molecule has 3 rings (SSSR count). The molecule has 9 nitrogen and oxygen atoms in total. The fourth-order valence-corrected chi connectivity index (χ4v) is 3.88. The van der Waals surface area contributed by atoms with Gasteiger partial charge in [0.05, 0.1) is 15.5 Å². The highest BCUT2D eigenvalue weighted by atomic mass is 79.9. The van der Waals surface area contributed by atoms with Gasteiger partial charge in [-0.25, -0.2) is 9.78 Å². The number of benzene rings is 1. The number of halogens is 2. The number of aromatic nitrogens is 1. The van der Waals surface area contributed by atoms with E-state index < -0.39 is 10.5 Å². The molecule has 11 heteroatoms. The maximum atomic E-state index is 12.5. The van der Waals surface area contributed by atoms with Crippen LogP contribution in [0.1, 0.15) is 27.7 Å². The van der Waals surface area contributed by atoms with Crippen LogP contribution in [0.15, 0.2) is 22.8 Å². The molecule has 0 bridgehead atoms. The Hall–Kier alpha value is -2.17. The number of aliphatic hydroxyl groups excluding tert-OH is 1. The number of anilines is 1. The summed E-state index contributed by atoms with van der Waals surface area (Å²) >= 11 is 9.62. The Labute approximate surface area is 194 Å². The van der Waals surface area contributed by atoms with Crippen molar-refractivity contribution in [3.05, 3.63) is 37.9 Å². The van der Waals surface area contributed by atoms with Crippen molar-refractivity contribution in [1.82, 2.24) is 9.88 Å². The van der Waals surface area contributed by atoms with Gasteiger partial charge in [0.2, 0.25) is 0 Å². The van der Waals surface area contributed by atoms with Crippen LogP contribution in [0.2, 0.25) is 5.02 Å². The van der Waals surface area contributed by atoms with Crippen molar-refractivity contribution >= 4 is 55.9 Å². The number of rotatable bonds is 2. The van der Waals surface area contributed by atoms with Crippen LogP contribution in [0.4, 0.5) is 16.2 Å². The first-order valence-corrected chi connectivity index (χ1v) is 10.8. The number of carbonyl (C=O) groups is 1. The van der Waals surface area contributed by atoms with Gasteiger partial charge in [0, 0.05) is 42.6 Å². The number of hydrogen-bond acceptors (Lipinski definition) is 7. The molecule has 1 unspecified atom stereocenters. The number of nitrogens with zero attached hydrogens (tertiary/aromatic N) is 4. The molecule has 1 aliphatic rings. The third-order valence-corrected chi connectivity index (χ3v) is 5.83. The highest BCUT2D eigenvalue weighted by Gasteiger charge is 2.34. The van der Waals surface area contributed by atoms with Gasteiger partial charge in [0.25, 0.3) is 0 Å². The van der Waals surface area contributed by atoms with Gasteiger partial charge < -0.3 is 19.6 Å². The van der Waals surface area contributed by atoms with Crippen LogP contribution in [0.5, 0.6) is 0 Å². The SMILES string of the molecule is CC1CN(c2c([N+](=O)[O-])cnc3cc(Br)c(Cl)cc23)CCN1C(=O)OC(C)(C)C.CO. The fourth-order valence-electron chi connectivity index (χ4n) is 3.38. The van der Waals surface area contributed by atoms with Crippen molar-refractivity contribution in [1.29, 1.82) is 0 Å². The monoisotopic (exact) mass is 516 g/mol. The number of ether oxygens (including phenoxy) is 1. The lowest BCUT2D eigenvalue weighted by Crippen LogP contribution is -2.55. The molecule has 1 fully saturated rings. The summed E-state index contributed by atoms with van der Waals surface area (Å²) in [6.45, 7) is 8.60. The molecule has 1 saturated heterocycles. The zero-order valence-corrected chi connectivity index (χ0v) is 20.4. The number of nitro groups is 1. The first-order chi connectivity index (χ1) is 14.5. The molecule has 31 heavy (non-hydrogen) atoms. The average Bonchev–Trinajstić information content (AvgIpc) is 2.68. The van der Waals surface area contributed by atoms with Crippen molar-refractivity contribution < 1.29 is 19.6 Å². The molecular weight excluding hydrogens is 492 g/mol. The molecule has 1 atom stereocenters. The maximum absolute atomic E-state index is 12.5. The van der Waals surface area contributed by atoms with Crippen LogP contribution in [0.25, 0.3) is 10.9 Å². The Morgan fingerprint density at radius 2 is 2.00 bits per heavy atom. The standard InChI is InChI=1S/C19H22BrClN4O4.CH4O/c1-11-10-23(5-6-24(11)18(26)29-19(2,3)4)17-12-7-14(21)13(20)8-15(12)22-9-16(17)25(27)28;1-2/h7-9,11H,5-6,10H2,1-4H3;2H,1H3. The van der Waals surface area contributed by atoms with E-state index >= 15 is 0 Å². The highest BCUT2D eigenvalue weighted by molar-refractivity contribution is 9.10. The number of hydrogen-bond donors (Lipinski definition) is 1. The third-order valence-electron chi connectivity index (χ3n) is 4.63. The van der Waals surface area contributed by atoms with Gasteiger partial charge in [0.15, 0.2) is 0 Å². The smallest absolute Gasteiger partial charge is 0.410 e. The van der Waals surface area contributed by atoms with E-state index in [2.05, 4.69) is 20.9 Å². The molecule has 0 radical (unpaired) electrons. The summed E-state index contributed by atoms with van der Waals surface area (Å²) in [6, 6.07) is 3.24. The zero-order valence-electron chi connectivity index (χ0n) is 18.1. The van der Waals surface area contributed by atoms with Crippen LogP contribution in [-0.2, 0) is 4.74 Å². The van der Waals surface area contributed by atoms with E-state index in [0.29, 0.717) is 45.7 Å². The molecular formula is C20H26BrClN4O5. The number of amides is 1. The molecule has 1 aromatic heterocycles. The molecule has 1 aliphatic heterocycles. The van der Waals surface area contributed by atoms with Crippen molar-refractivity contribution in [2.24, 2.45) is 0 Å². The molecule has 0 spiro atoms. The van der Waals surface area contributed by atoms with Crippen molar-refractivity contribution in [2.45, 2.75) is 39.3 Å². The summed E-state index contributed by atoms with van der Waals surface area (Å²) in [4.78, 5) is 31.5. The van der Waals surface area contributed by atoms with E-state index in [1.165, 1.54) is 6.20 Å². The van der Waals surface area contributed by atoms with Gasteiger partial charge >= 0.3 is 11.8 Å². The van der Waals surface area contributed by atoms with E-state index in [-0.39, 0.29) is 17.8 Å². The van der Waals surface area contributed by atoms with Crippen LogP contribution >= 0.6 is 27.5 Å². The van der Waals surface area contributed by atoms with E-state index in [0.717, 1.165) is 7.11 Å². The van der Waals surface area contributed by atoms with Gasteiger partial charge in [-0.05, 0) is 55.8 Å². The predicted octanol–water partition coefficient (Wildman–Crippen LogP) is 4.61. The summed E-state index contributed by atoms with van der Waals surface area (Å²) in [7, 11) is 1.00. The Morgan fingerprint density at radius 3 is 2.55 bits per heavy atom. The minimum absolute atomic E-state index is 0.0891. The van der Waals surface area contributed by atoms with Crippen LogP contribution < -0.4 is 4.90 Å². The minimum Gasteiger partial charge on any atom is -0.444 e. The van der Waals surface area contributed by atoms with Crippen LogP contribution in [-0.4, -0.2) is 64.4 Å². The molecule has 2 aromatic rings. The van der Waals surface area contributed by atoms with Gasteiger partial charge in [-0.15, -0.1) is 0 Å². The van der Waals surface area contributed by atoms with Crippen LogP contribution in [0, 0.1) is 10.1 Å². The molecule has 0 aliphatic carbocycles. The Bertz CT molecular complexity index is 982. The summed E-state index contributed by atoms with van der Waals surface area (Å²) < 4.78 is 6.15. The van der Waals surface area contributed by atoms with E-state index in [1.54, 1.807) is 17.0 Å². The third kappa shape index (κ3) is 5.75. The van der Waals surface area contributed by atoms with Crippen molar-refractivity contribution in [3.8, 4) is 0 Å². The molecule has 2 heterocycles. The second kappa shape index (κ2) is 9.97. The van der Waals surface area contributed by atoms with Gasteiger partial charge in [-0.1, -0.05) is 11.6 Å². The number of aliphatic hydroxyl groups is 1. The molecule has 1 N–H and O–H groups in total. The van der Waals surface area contributed by atoms with Gasteiger partial charge in [0.1, 0.15) is 17.5 Å². The van der Waals surface area contributed by atoms with E-state index in [1.807, 2.05) is 32.6 Å².